The number of carbonyl (C=O) groups is 2. The number of ketones is 2. The van der Waals surface area contributed by atoms with E-state index in [-0.39, 0.29) is 45.6 Å². The lowest BCUT2D eigenvalue weighted by atomic mass is 9.97. The fourth-order valence-electron chi connectivity index (χ4n) is 3.96. The van der Waals surface area contributed by atoms with Crippen LogP contribution < -0.4 is 10.1 Å². The monoisotopic (exact) mass is 489 g/mol. The van der Waals surface area contributed by atoms with Crippen molar-refractivity contribution in [3.8, 4) is 17.5 Å². The van der Waals surface area contributed by atoms with Gasteiger partial charge in [-0.05, 0) is 48.4 Å². The Kier molecular flexibility index (Phi) is 6.00. The number of hydrogen-bond acceptors (Lipinski definition) is 9. The Labute approximate surface area is 205 Å². The number of aromatic nitrogens is 4. The molecule has 9 nitrogen and oxygen atoms in total. The van der Waals surface area contributed by atoms with Gasteiger partial charge in [0.2, 0.25) is 11.2 Å². The molecular formula is C25H20ClN5O4. The molecule has 10 heteroatoms. The molecular weight excluding hydrogens is 470 g/mol. The van der Waals surface area contributed by atoms with Crippen molar-refractivity contribution >= 4 is 40.0 Å². The molecule has 0 bridgehead atoms. The smallest absolute Gasteiger partial charge is 0.328 e. The summed E-state index contributed by atoms with van der Waals surface area (Å²) in [6.07, 6.45) is 1.94. The topological polar surface area (TPSA) is 127 Å². The summed E-state index contributed by atoms with van der Waals surface area (Å²) in [5.74, 6) is -1.81. The number of aromatic hydroxyl groups is 1. The van der Waals surface area contributed by atoms with E-state index in [0.717, 1.165) is 12.8 Å². The number of hydrogen-bond donors (Lipinski definition) is 2. The molecule has 0 spiro atoms. The van der Waals surface area contributed by atoms with Gasteiger partial charge in [-0.1, -0.05) is 31.5 Å². The zero-order chi connectivity index (χ0) is 24.5. The van der Waals surface area contributed by atoms with Gasteiger partial charge in [-0.3, -0.25) is 9.59 Å². The average molecular weight is 490 g/mol. The number of rotatable bonds is 7. The number of carbonyl (C=O) groups excluding carboxylic acids is 2. The molecule has 0 saturated carbocycles. The van der Waals surface area contributed by atoms with E-state index in [9.17, 15) is 14.7 Å². The number of halogens is 1. The highest BCUT2D eigenvalue weighted by Crippen LogP contribution is 2.39. The lowest BCUT2D eigenvalue weighted by Gasteiger charge is -2.10. The maximum absolute atomic E-state index is 13.3. The number of pyridine rings is 1. The van der Waals surface area contributed by atoms with Crippen LogP contribution in [-0.2, 0) is 0 Å². The molecule has 0 aliphatic heterocycles. The van der Waals surface area contributed by atoms with E-state index in [0.29, 0.717) is 17.4 Å². The summed E-state index contributed by atoms with van der Waals surface area (Å²) in [4.78, 5) is 43.0. The van der Waals surface area contributed by atoms with Gasteiger partial charge in [0.05, 0.1) is 5.52 Å². The molecule has 2 aromatic carbocycles. The highest BCUT2D eigenvalue weighted by atomic mass is 35.5. The van der Waals surface area contributed by atoms with E-state index in [1.807, 2.05) is 6.07 Å². The average Bonchev–Trinajstić information content (AvgIpc) is 3.08. The van der Waals surface area contributed by atoms with E-state index in [1.54, 1.807) is 24.3 Å². The number of para-hydroxylation sites is 1. The van der Waals surface area contributed by atoms with Crippen LogP contribution in [0.4, 0.5) is 5.95 Å². The molecule has 0 saturated heterocycles. The number of nitrogens with one attached hydrogen (secondary N) is 1. The Morgan fingerprint density at radius 1 is 1.00 bits per heavy atom. The van der Waals surface area contributed by atoms with Gasteiger partial charge in [-0.25, -0.2) is 4.98 Å². The summed E-state index contributed by atoms with van der Waals surface area (Å²) in [7, 11) is 0. The van der Waals surface area contributed by atoms with Gasteiger partial charge in [-0.2, -0.15) is 15.0 Å². The van der Waals surface area contributed by atoms with E-state index in [1.165, 1.54) is 18.2 Å². The highest BCUT2D eigenvalue weighted by Gasteiger charge is 2.42. The number of unbranched alkanes of at least 4 members (excludes halogenated alkanes) is 1. The largest absolute Gasteiger partial charge is 0.506 e. The first kappa shape index (κ1) is 22.7. The third kappa shape index (κ3) is 4.38. The minimum absolute atomic E-state index is 0.0319. The summed E-state index contributed by atoms with van der Waals surface area (Å²) in [6, 6.07) is 13.1. The summed E-state index contributed by atoms with van der Waals surface area (Å²) in [5, 5.41) is 14.2. The second kappa shape index (κ2) is 9.27. The van der Waals surface area contributed by atoms with Gasteiger partial charge >= 0.3 is 6.01 Å². The van der Waals surface area contributed by atoms with Crippen LogP contribution in [0.3, 0.4) is 0 Å². The Morgan fingerprint density at radius 3 is 2.63 bits per heavy atom. The number of ether oxygens (including phenoxy) is 1. The van der Waals surface area contributed by atoms with Crippen molar-refractivity contribution in [2.45, 2.75) is 25.7 Å². The molecule has 0 fully saturated rings. The summed E-state index contributed by atoms with van der Waals surface area (Å²) < 4.78 is 5.72. The van der Waals surface area contributed by atoms with Crippen molar-refractivity contribution < 1.29 is 19.4 Å². The van der Waals surface area contributed by atoms with Gasteiger partial charge in [0.15, 0.2) is 11.6 Å². The lowest BCUT2D eigenvalue weighted by Crippen LogP contribution is -2.14. The van der Waals surface area contributed by atoms with E-state index < -0.39 is 17.5 Å². The van der Waals surface area contributed by atoms with Gasteiger partial charge in [-0.15, -0.1) is 0 Å². The Bertz CT molecular complexity index is 1480. The quantitative estimate of drug-likeness (QED) is 0.274. The second-order valence-corrected chi connectivity index (χ2v) is 8.39. The summed E-state index contributed by atoms with van der Waals surface area (Å²) >= 11 is 6.00. The van der Waals surface area contributed by atoms with Gasteiger partial charge in [0, 0.05) is 23.1 Å². The van der Waals surface area contributed by atoms with E-state index >= 15 is 0 Å². The van der Waals surface area contributed by atoms with Gasteiger partial charge in [0.1, 0.15) is 23.1 Å². The van der Waals surface area contributed by atoms with Crippen LogP contribution in [0.25, 0.3) is 10.9 Å². The number of anilines is 1. The first-order valence-corrected chi connectivity index (χ1v) is 11.5. The second-order valence-electron chi connectivity index (χ2n) is 8.05. The standard InChI is InChI=1S/C25H20ClN5O4/c1-2-3-10-27-24-29-23(26)30-25(31-24)35-14-8-9-15-16(12-14)22(34)19(21(15)33)20-18(32)11-13-6-4-5-7-17(13)28-20/h4-9,11-12,19,32H,2-3,10H2,1H3,(H,27,29,30,31). The molecule has 2 N–H and O–H groups in total. The SMILES string of the molecule is CCCCNc1nc(Cl)nc(Oc2ccc3c(c2)C(=O)C(c2nc4ccccc4cc2O)C3=O)n1. The summed E-state index contributed by atoms with van der Waals surface area (Å²) in [6.45, 7) is 2.74. The van der Waals surface area contributed by atoms with Crippen molar-refractivity contribution in [1.82, 2.24) is 19.9 Å². The molecule has 4 aromatic rings. The van der Waals surface area contributed by atoms with E-state index in [2.05, 4.69) is 32.2 Å². The number of nitrogens with zero attached hydrogens (tertiary/aromatic N) is 4. The third-order valence-corrected chi connectivity index (χ3v) is 5.83. The highest BCUT2D eigenvalue weighted by molar-refractivity contribution is 6.30. The molecule has 35 heavy (non-hydrogen) atoms. The molecule has 0 amide bonds. The molecule has 2 aromatic heterocycles. The van der Waals surface area contributed by atoms with Crippen LogP contribution in [0.15, 0.2) is 48.5 Å². The summed E-state index contributed by atoms with van der Waals surface area (Å²) in [5.41, 5.74) is 1.02. The van der Waals surface area contributed by atoms with Crippen molar-refractivity contribution in [2.24, 2.45) is 0 Å². The van der Waals surface area contributed by atoms with E-state index in [4.69, 9.17) is 16.3 Å². The molecule has 1 unspecified atom stereocenters. The molecule has 176 valence electrons. The molecule has 0 radical (unpaired) electrons. The van der Waals surface area contributed by atoms with Gasteiger partial charge < -0.3 is 15.2 Å². The van der Waals surface area contributed by atoms with Crippen molar-refractivity contribution in [3.63, 3.8) is 0 Å². The first-order valence-electron chi connectivity index (χ1n) is 11.1. The lowest BCUT2D eigenvalue weighted by molar-refractivity contribution is 0.0886. The first-order chi connectivity index (χ1) is 16.9. The number of Topliss-reactive ketones (excluding diaryl/α,β-unsaturated/α-hetero) is 2. The van der Waals surface area contributed by atoms with Crippen molar-refractivity contribution in [1.29, 1.82) is 0 Å². The number of fused-ring (bicyclic) bond motifs is 2. The van der Waals surface area contributed by atoms with Crippen LogP contribution in [0.1, 0.15) is 52.1 Å². The van der Waals surface area contributed by atoms with Crippen LogP contribution >= 0.6 is 11.6 Å². The van der Waals surface area contributed by atoms with Gasteiger partial charge in [0.25, 0.3) is 0 Å². The maximum atomic E-state index is 13.3. The minimum atomic E-state index is -1.23. The Balaban J connectivity index is 1.43. The predicted molar refractivity (Wildman–Crippen MR) is 130 cm³/mol. The zero-order valence-corrected chi connectivity index (χ0v) is 19.4. The van der Waals surface area contributed by atoms with Crippen LogP contribution in [0.2, 0.25) is 5.28 Å². The van der Waals surface area contributed by atoms with Crippen molar-refractivity contribution in [3.05, 3.63) is 70.6 Å². The molecule has 1 aliphatic carbocycles. The van der Waals surface area contributed by atoms with Crippen LogP contribution in [-0.4, -0.2) is 43.2 Å². The Morgan fingerprint density at radius 2 is 1.80 bits per heavy atom. The number of benzene rings is 2. The van der Waals surface area contributed by atoms with Crippen LogP contribution in [0.5, 0.6) is 17.5 Å². The predicted octanol–water partition coefficient (Wildman–Crippen LogP) is 4.95. The fraction of sp³-hybridized carbons (Fsp3) is 0.200. The van der Waals surface area contributed by atoms with Crippen LogP contribution in [0, 0.1) is 0 Å². The van der Waals surface area contributed by atoms with Crippen molar-refractivity contribution in [2.75, 3.05) is 11.9 Å². The molecule has 1 atom stereocenters. The molecule has 5 rings (SSSR count). The third-order valence-electron chi connectivity index (χ3n) is 5.66. The maximum Gasteiger partial charge on any atom is 0.328 e. The fourth-order valence-corrected chi connectivity index (χ4v) is 4.11. The zero-order valence-electron chi connectivity index (χ0n) is 18.7. The minimum Gasteiger partial charge on any atom is -0.506 e. The molecule has 2 heterocycles. The normalized spacial score (nSPS) is 14.9. The Hall–Kier alpha value is -4.11. The molecule has 1 aliphatic rings.